The molecule has 4 nitrogen and oxygen atoms in total. The third-order valence-corrected chi connectivity index (χ3v) is 3.20. The number of anilines is 1. The molecule has 0 aromatic heterocycles. The summed E-state index contributed by atoms with van der Waals surface area (Å²) in [6.07, 6.45) is -0.0905. The second-order valence-electron chi connectivity index (χ2n) is 5.05. The van der Waals surface area contributed by atoms with Crippen LogP contribution in [0, 0.1) is 17.5 Å². The van der Waals surface area contributed by atoms with Crippen molar-refractivity contribution in [1.29, 1.82) is 0 Å². The molecule has 0 fully saturated rings. The molecule has 2 rings (SSSR count). The Bertz CT molecular complexity index is 713. The first-order chi connectivity index (χ1) is 11.5. The molecule has 0 radical (unpaired) electrons. The number of carbonyl (C=O) groups is 2. The zero-order chi connectivity index (χ0) is 17.5. The van der Waals surface area contributed by atoms with Gasteiger partial charge in [0.2, 0.25) is 11.8 Å². The maximum atomic E-state index is 13.4. The van der Waals surface area contributed by atoms with E-state index in [1.54, 1.807) is 12.1 Å². The van der Waals surface area contributed by atoms with Crippen LogP contribution in [0.25, 0.3) is 0 Å². The summed E-state index contributed by atoms with van der Waals surface area (Å²) < 4.78 is 39.5. The molecule has 0 saturated heterocycles. The van der Waals surface area contributed by atoms with Gasteiger partial charge in [0.25, 0.3) is 0 Å². The molecular weight excluding hydrogens is 321 g/mol. The van der Waals surface area contributed by atoms with Crippen LogP contribution >= 0.6 is 0 Å². The highest BCUT2D eigenvalue weighted by molar-refractivity contribution is 6.03. The van der Waals surface area contributed by atoms with E-state index in [4.69, 9.17) is 0 Å². The van der Waals surface area contributed by atoms with Gasteiger partial charge in [0.05, 0.1) is 0 Å². The summed E-state index contributed by atoms with van der Waals surface area (Å²) in [4.78, 5) is 23.3. The molecule has 0 aliphatic heterocycles. The number of hydrogen-bond donors (Lipinski definition) is 2. The van der Waals surface area contributed by atoms with Crippen molar-refractivity contribution in [1.82, 2.24) is 5.32 Å². The molecule has 0 heterocycles. The Hall–Kier alpha value is -2.83. The van der Waals surface area contributed by atoms with Crippen molar-refractivity contribution in [3.05, 3.63) is 65.5 Å². The van der Waals surface area contributed by atoms with E-state index >= 15 is 0 Å². The van der Waals surface area contributed by atoms with Crippen molar-refractivity contribution in [3.63, 3.8) is 0 Å². The van der Waals surface area contributed by atoms with Crippen molar-refractivity contribution in [2.45, 2.75) is 12.8 Å². The van der Waals surface area contributed by atoms with Crippen LogP contribution in [-0.2, 0) is 16.0 Å². The van der Waals surface area contributed by atoms with Crippen LogP contribution in [0.3, 0.4) is 0 Å². The van der Waals surface area contributed by atoms with Crippen LogP contribution < -0.4 is 10.6 Å². The van der Waals surface area contributed by atoms with Gasteiger partial charge in [0.15, 0.2) is 0 Å². The van der Waals surface area contributed by atoms with Gasteiger partial charge < -0.3 is 10.6 Å². The van der Waals surface area contributed by atoms with E-state index in [1.165, 1.54) is 18.2 Å². The Labute approximate surface area is 136 Å². The standard InChI is InChI=1S/C17H15F3N2O2/c18-12-6-4-11(5-7-12)8-9-21-15(23)10-16(24)22-17-13(19)2-1-3-14(17)20/h1-7H,8-10H2,(H,21,23)(H,22,24). The van der Waals surface area contributed by atoms with Gasteiger partial charge in [-0.1, -0.05) is 18.2 Å². The monoisotopic (exact) mass is 336 g/mol. The molecule has 24 heavy (non-hydrogen) atoms. The first-order valence-electron chi connectivity index (χ1n) is 7.20. The van der Waals surface area contributed by atoms with Crippen molar-refractivity contribution in [2.24, 2.45) is 0 Å². The highest BCUT2D eigenvalue weighted by Crippen LogP contribution is 2.17. The summed E-state index contributed by atoms with van der Waals surface area (Å²) in [6.45, 7) is 0.256. The van der Waals surface area contributed by atoms with Gasteiger partial charge in [-0.3, -0.25) is 9.59 Å². The van der Waals surface area contributed by atoms with Gasteiger partial charge in [-0.05, 0) is 36.2 Å². The highest BCUT2D eigenvalue weighted by atomic mass is 19.1. The fourth-order valence-electron chi connectivity index (χ4n) is 2.01. The number of benzene rings is 2. The third kappa shape index (κ3) is 5.12. The van der Waals surface area contributed by atoms with Crippen molar-refractivity contribution < 1.29 is 22.8 Å². The maximum absolute atomic E-state index is 13.4. The summed E-state index contributed by atoms with van der Waals surface area (Å²) in [7, 11) is 0. The van der Waals surface area contributed by atoms with Crippen LogP contribution in [0.2, 0.25) is 0 Å². The minimum atomic E-state index is -0.917. The van der Waals surface area contributed by atoms with E-state index in [0.717, 1.165) is 17.7 Å². The van der Waals surface area contributed by atoms with E-state index in [9.17, 15) is 22.8 Å². The average molecular weight is 336 g/mol. The molecule has 0 unspecified atom stereocenters. The molecule has 2 aromatic rings. The lowest BCUT2D eigenvalue weighted by molar-refractivity contribution is -0.126. The largest absolute Gasteiger partial charge is 0.355 e. The molecule has 2 aromatic carbocycles. The predicted molar refractivity (Wildman–Crippen MR) is 82.7 cm³/mol. The number of amides is 2. The van der Waals surface area contributed by atoms with Gasteiger partial charge in [-0.15, -0.1) is 0 Å². The van der Waals surface area contributed by atoms with E-state index in [1.807, 2.05) is 5.32 Å². The van der Waals surface area contributed by atoms with E-state index < -0.39 is 35.6 Å². The Morgan fingerprint density at radius 3 is 2.12 bits per heavy atom. The first-order valence-corrected chi connectivity index (χ1v) is 7.20. The van der Waals surface area contributed by atoms with Crippen LogP contribution in [0.5, 0.6) is 0 Å². The number of hydrogen-bond acceptors (Lipinski definition) is 2. The molecule has 7 heteroatoms. The normalized spacial score (nSPS) is 10.3. The van der Waals surface area contributed by atoms with Crippen LogP contribution in [0.15, 0.2) is 42.5 Å². The van der Waals surface area contributed by atoms with Gasteiger partial charge in [-0.25, -0.2) is 13.2 Å². The average Bonchev–Trinajstić information content (AvgIpc) is 2.53. The molecule has 0 bridgehead atoms. The lowest BCUT2D eigenvalue weighted by Crippen LogP contribution is -2.30. The minimum absolute atomic E-state index is 0.256. The van der Waals surface area contributed by atoms with Crippen molar-refractivity contribution in [2.75, 3.05) is 11.9 Å². The Kier molecular flexibility index (Phi) is 5.95. The SMILES string of the molecule is O=C(CC(=O)Nc1c(F)cccc1F)NCCc1ccc(F)cc1. The third-order valence-electron chi connectivity index (χ3n) is 3.20. The smallest absolute Gasteiger partial charge is 0.233 e. The highest BCUT2D eigenvalue weighted by Gasteiger charge is 2.14. The van der Waals surface area contributed by atoms with Crippen molar-refractivity contribution >= 4 is 17.5 Å². The summed E-state index contributed by atoms with van der Waals surface area (Å²) in [5.41, 5.74) is 0.246. The summed E-state index contributed by atoms with van der Waals surface area (Å²) >= 11 is 0. The predicted octanol–water partition coefficient (Wildman–Crippen LogP) is 2.79. The summed E-state index contributed by atoms with van der Waals surface area (Å²) in [5.74, 6) is -3.58. The van der Waals surface area contributed by atoms with Gasteiger partial charge in [-0.2, -0.15) is 0 Å². The maximum Gasteiger partial charge on any atom is 0.233 e. The first kappa shape index (κ1) is 17.5. The molecule has 0 saturated carbocycles. The molecular formula is C17H15F3N2O2. The quantitative estimate of drug-likeness (QED) is 0.797. The number of para-hydroxylation sites is 1. The zero-order valence-corrected chi connectivity index (χ0v) is 12.6. The van der Waals surface area contributed by atoms with E-state index in [0.29, 0.717) is 6.42 Å². The summed E-state index contributed by atoms with van der Waals surface area (Å²) in [5, 5.41) is 4.54. The lowest BCUT2D eigenvalue weighted by Gasteiger charge is -2.08. The fraction of sp³-hybridized carbons (Fsp3) is 0.176. The zero-order valence-electron chi connectivity index (χ0n) is 12.6. The van der Waals surface area contributed by atoms with Crippen molar-refractivity contribution in [3.8, 4) is 0 Å². The van der Waals surface area contributed by atoms with Gasteiger partial charge in [0, 0.05) is 6.54 Å². The molecule has 0 aliphatic rings. The molecule has 0 aliphatic carbocycles. The number of rotatable bonds is 6. The Morgan fingerprint density at radius 2 is 1.50 bits per heavy atom. The topological polar surface area (TPSA) is 58.2 Å². The van der Waals surface area contributed by atoms with Crippen LogP contribution in [0.1, 0.15) is 12.0 Å². The molecule has 0 spiro atoms. The Balaban J connectivity index is 1.77. The fourth-order valence-corrected chi connectivity index (χ4v) is 2.01. The Morgan fingerprint density at radius 1 is 0.875 bits per heavy atom. The second-order valence-corrected chi connectivity index (χ2v) is 5.05. The molecule has 126 valence electrons. The lowest BCUT2D eigenvalue weighted by atomic mass is 10.1. The molecule has 2 N–H and O–H groups in total. The molecule has 0 atom stereocenters. The van der Waals surface area contributed by atoms with Gasteiger partial charge >= 0.3 is 0 Å². The van der Waals surface area contributed by atoms with Crippen LogP contribution in [-0.4, -0.2) is 18.4 Å². The van der Waals surface area contributed by atoms with Gasteiger partial charge in [0.1, 0.15) is 29.6 Å². The van der Waals surface area contributed by atoms with E-state index in [-0.39, 0.29) is 12.4 Å². The second kappa shape index (κ2) is 8.14. The molecule has 2 amide bonds. The number of halogens is 3. The summed E-state index contributed by atoms with van der Waals surface area (Å²) in [6, 6.07) is 8.98. The van der Waals surface area contributed by atoms with Crippen LogP contribution in [0.4, 0.5) is 18.9 Å². The number of nitrogens with one attached hydrogen (secondary N) is 2. The number of carbonyl (C=O) groups excluding carboxylic acids is 2. The van der Waals surface area contributed by atoms with E-state index in [2.05, 4.69) is 5.32 Å². The minimum Gasteiger partial charge on any atom is -0.355 e.